The number of carbonyl (C=O) groups excluding carboxylic acids is 4. The molecule has 1 saturated heterocycles. The van der Waals surface area contributed by atoms with Gasteiger partial charge in [-0.25, -0.2) is 9.59 Å². The summed E-state index contributed by atoms with van der Waals surface area (Å²) in [7, 11) is 0. The molecule has 1 aliphatic heterocycles. The summed E-state index contributed by atoms with van der Waals surface area (Å²) >= 11 is 0. The van der Waals surface area contributed by atoms with Gasteiger partial charge in [-0.15, -0.1) is 0 Å². The van der Waals surface area contributed by atoms with Gasteiger partial charge in [0.1, 0.15) is 6.54 Å². The molecule has 0 saturated carbocycles. The van der Waals surface area contributed by atoms with E-state index in [0.717, 1.165) is 21.6 Å². The van der Waals surface area contributed by atoms with Crippen LogP contribution in [0, 0.1) is 13.8 Å². The van der Waals surface area contributed by atoms with Crippen LogP contribution >= 0.6 is 0 Å². The van der Waals surface area contributed by atoms with Crippen molar-refractivity contribution in [1.29, 1.82) is 0 Å². The van der Waals surface area contributed by atoms with Gasteiger partial charge in [0.15, 0.2) is 5.54 Å². The lowest BCUT2D eigenvalue weighted by molar-refractivity contribution is -0.135. The first-order valence-electron chi connectivity index (χ1n) is 11.2. The first-order chi connectivity index (χ1) is 16.8. The Bertz CT molecular complexity index is 1280. The zero-order valence-corrected chi connectivity index (χ0v) is 19.5. The van der Waals surface area contributed by atoms with E-state index in [1.165, 1.54) is 0 Å². The number of aryl methyl sites for hydroxylation is 1. The van der Waals surface area contributed by atoms with E-state index in [0.29, 0.717) is 11.3 Å². The smallest absolute Gasteiger partial charge is 0.319 e. The van der Waals surface area contributed by atoms with Crippen LogP contribution in [0.4, 0.5) is 15.3 Å². The second-order valence-corrected chi connectivity index (χ2v) is 8.50. The van der Waals surface area contributed by atoms with Crippen molar-refractivity contribution in [2.75, 3.05) is 11.9 Å². The van der Waals surface area contributed by atoms with Crippen LogP contribution in [-0.2, 0) is 21.5 Å². The molecule has 8 nitrogen and oxygen atoms in total. The average molecular weight is 471 g/mol. The number of anilines is 1. The second kappa shape index (κ2) is 9.80. The minimum absolute atomic E-state index is 0.216. The van der Waals surface area contributed by atoms with Gasteiger partial charge in [0.25, 0.3) is 5.91 Å². The predicted molar refractivity (Wildman–Crippen MR) is 132 cm³/mol. The quantitative estimate of drug-likeness (QED) is 0.478. The van der Waals surface area contributed by atoms with Crippen LogP contribution in [-0.4, -0.2) is 35.3 Å². The molecule has 0 aromatic heterocycles. The van der Waals surface area contributed by atoms with Gasteiger partial charge in [-0.05, 0) is 42.2 Å². The predicted octanol–water partition coefficient (Wildman–Crippen LogP) is 3.64. The molecule has 0 unspecified atom stereocenters. The van der Waals surface area contributed by atoms with E-state index in [1.54, 1.807) is 36.4 Å². The number of nitrogens with zero attached hydrogens (tertiary/aromatic N) is 1. The van der Waals surface area contributed by atoms with E-state index in [-0.39, 0.29) is 6.42 Å². The Balaban J connectivity index is 1.51. The first-order valence-corrected chi connectivity index (χ1v) is 11.2. The Morgan fingerprint density at radius 2 is 1.54 bits per heavy atom. The zero-order chi connectivity index (χ0) is 25.0. The van der Waals surface area contributed by atoms with Crippen LogP contribution < -0.4 is 16.0 Å². The van der Waals surface area contributed by atoms with Crippen molar-refractivity contribution in [1.82, 2.24) is 15.5 Å². The monoisotopic (exact) mass is 470 g/mol. The Hall–Kier alpha value is -4.46. The van der Waals surface area contributed by atoms with Crippen LogP contribution in [0.1, 0.15) is 22.3 Å². The fourth-order valence-electron chi connectivity index (χ4n) is 4.16. The van der Waals surface area contributed by atoms with Gasteiger partial charge in [0.05, 0.1) is 0 Å². The summed E-state index contributed by atoms with van der Waals surface area (Å²) in [4.78, 5) is 52.3. The number of benzene rings is 3. The number of nitrogens with one attached hydrogen (secondary N) is 3. The highest BCUT2D eigenvalue weighted by Crippen LogP contribution is 2.33. The maximum atomic E-state index is 13.6. The van der Waals surface area contributed by atoms with Crippen molar-refractivity contribution in [3.05, 3.63) is 101 Å². The van der Waals surface area contributed by atoms with E-state index in [1.807, 2.05) is 56.3 Å². The lowest BCUT2D eigenvalue weighted by Crippen LogP contribution is -2.47. The van der Waals surface area contributed by atoms with E-state index in [9.17, 15) is 19.2 Å². The normalized spacial score (nSPS) is 17.1. The van der Waals surface area contributed by atoms with Crippen molar-refractivity contribution < 1.29 is 19.2 Å². The maximum Gasteiger partial charge on any atom is 0.325 e. The van der Waals surface area contributed by atoms with Gasteiger partial charge >= 0.3 is 12.1 Å². The molecule has 8 heteroatoms. The van der Waals surface area contributed by atoms with E-state index < -0.39 is 36.0 Å². The van der Waals surface area contributed by atoms with Gasteiger partial charge in [0.2, 0.25) is 5.91 Å². The van der Waals surface area contributed by atoms with Gasteiger partial charge in [-0.2, -0.15) is 0 Å². The minimum Gasteiger partial charge on any atom is -0.319 e. The Kier molecular flexibility index (Phi) is 6.64. The second-order valence-electron chi connectivity index (χ2n) is 8.50. The van der Waals surface area contributed by atoms with Gasteiger partial charge in [-0.1, -0.05) is 72.8 Å². The molecule has 3 N–H and O–H groups in total. The summed E-state index contributed by atoms with van der Waals surface area (Å²) in [6, 6.07) is 22.2. The highest BCUT2D eigenvalue weighted by atomic mass is 16.2. The number of urea groups is 2. The fraction of sp³-hybridized carbons (Fsp3) is 0.185. The third kappa shape index (κ3) is 4.91. The molecule has 0 radical (unpaired) electrons. The van der Waals surface area contributed by atoms with Crippen molar-refractivity contribution in [3.8, 4) is 0 Å². The van der Waals surface area contributed by atoms with Crippen molar-refractivity contribution in [2.45, 2.75) is 25.8 Å². The van der Waals surface area contributed by atoms with Crippen LogP contribution in [0.5, 0.6) is 0 Å². The zero-order valence-electron chi connectivity index (χ0n) is 19.5. The first kappa shape index (κ1) is 23.7. The highest BCUT2D eigenvalue weighted by Gasteiger charge is 2.52. The van der Waals surface area contributed by atoms with Gasteiger partial charge in [0, 0.05) is 12.1 Å². The van der Waals surface area contributed by atoms with Gasteiger partial charge in [-0.3, -0.25) is 19.8 Å². The summed E-state index contributed by atoms with van der Waals surface area (Å²) in [5, 5.41) is 7.63. The van der Waals surface area contributed by atoms with Crippen molar-refractivity contribution in [2.24, 2.45) is 0 Å². The van der Waals surface area contributed by atoms with E-state index in [2.05, 4.69) is 16.0 Å². The molecule has 0 bridgehead atoms. The molecule has 1 aliphatic rings. The summed E-state index contributed by atoms with van der Waals surface area (Å²) < 4.78 is 0. The molecule has 6 amide bonds. The molecule has 35 heavy (non-hydrogen) atoms. The molecular weight excluding hydrogens is 444 g/mol. The van der Waals surface area contributed by atoms with Crippen molar-refractivity contribution >= 4 is 29.6 Å². The van der Waals surface area contributed by atoms with Crippen LogP contribution in [0.3, 0.4) is 0 Å². The van der Waals surface area contributed by atoms with Crippen LogP contribution in [0.15, 0.2) is 78.9 Å². The molecule has 3 aromatic rings. The maximum absolute atomic E-state index is 13.6. The average Bonchev–Trinajstić information content (AvgIpc) is 3.08. The highest BCUT2D eigenvalue weighted by molar-refractivity contribution is 6.11. The lowest BCUT2D eigenvalue weighted by Gasteiger charge is -2.27. The molecule has 178 valence electrons. The molecule has 1 fully saturated rings. The third-order valence-electron chi connectivity index (χ3n) is 6.16. The number of imide groups is 2. The molecular formula is C27H26N4O4. The summed E-state index contributed by atoms with van der Waals surface area (Å²) in [6.45, 7) is 3.18. The lowest BCUT2D eigenvalue weighted by atomic mass is 9.83. The number of carbonyl (C=O) groups is 4. The Morgan fingerprint density at radius 1 is 0.886 bits per heavy atom. The number of amides is 6. The van der Waals surface area contributed by atoms with E-state index >= 15 is 0 Å². The SMILES string of the molecule is Cc1cccc(NC(=O)NC(=O)CN2C(=O)N[C@](Cc3ccccc3)(c3ccccc3)C2=O)c1C. The van der Waals surface area contributed by atoms with Crippen LogP contribution in [0.25, 0.3) is 0 Å². The number of rotatable bonds is 6. The Labute approximate surface area is 203 Å². The minimum atomic E-state index is -1.36. The third-order valence-corrected chi connectivity index (χ3v) is 6.16. The van der Waals surface area contributed by atoms with Crippen LogP contribution in [0.2, 0.25) is 0 Å². The molecule has 0 aliphatic carbocycles. The number of hydrogen-bond donors (Lipinski definition) is 3. The Morgan fingerprint density at radius 3 is 2.23 bits per heavy atom. The molecule has 3 aromatic carbocycles. The molecule has 1 heterocycles. The summed E-state index contributed by atoms with van der Waals surface area (Å²) in [5.41, 5.74) is 2.53. The standard InChI is InChI=1S/C27H26N4O4/c1-18-10-9-15-22(19(18)2)28-25(34)29-23(32)17-31-24(33)27(30-26(31)35,21-13-7-4-8-14-21)16-20-11-5-3-6-12-20/h3-15H,16-17H2,1-2H3,(H,30,35)(H2,28,29,32,34)/t27-/m1/s1. The fourth-order valence-corrected chi connectivity index (χ4v) is 4.16. The van der Waals surface area contributed by atoms with Gasteiger partial charge < -0.3 is 10.6 Å². The van der Waals surface area contributed by atoms with E-state index in [4.69, 9.17) is 0 Å². The summed E-state index contributed by atoms with van der Waals surface area (Å²) in [5.74, 6) is -1.33. The molecule has 0 spiro atoms. The topological polar surface area (TPSA) is 108 Å². The molecule has 1 atom stereocenters. The summed E-state index contributed by atoms with van der Waals surface area (Å²) in [6.07, 6.45) is 0.216. The number of hydrogen-bond acceptors (Lipinski definition) is 4. The molecule has 4 rings (SSSR count). The largest absolute Gasteiger partial charge is 0.325 e. The van der Waals surface area contributed by atoms with Crippen molar-refractivity contribution in [3.63, 3.8) is 0 Å².